The van der Waals surface area contributed by atoms with Crippen LogP contribution in [0, 0.1) is 6.92 Å². The summed E-state index contributed by atoms with van der Waals surface area (Å²) in [5.41, 5.74) is 2.69. The van der Waals surface area contributed by atoms with Crippen LogP contribution in [0.4, 0.5) is 0 Å². The van der Waals surface area contributed by atoms with Crippen LogP contribution in [-0.4, -0.2) is 70.2 Å². The number of carbonyl (C=O) groups is 1. The van der Waals surface area contributed by atoms with E-state index in [4.69, 9.17) is 14.2 Å². The summed E-state index contributed by atoms with van der Waals surface area (Å²) in [5.74, 6) is 1.88. The van der Waals surface area contributed by atoms with Crippen molar-refractivity contribution < 1.29 is 27.4 Å². The molecule has 206 valence electrons. The van der Waals surface area contributed by atoms with Gasteiger partial charge in [0.15, 0.2) is 11.5 Å². The molecule has 1 N–H and O–H groups in total. The van der Waals surface area contributed by atoms with Crippen LogP contribution in [0.15, 0.2) is 71.6 Å². The Hall–Kier alpha value is -3.60. The quantitative estimate of drug-likeness (QED) is 0.437. The smallest absolute Gasteiger partial charge is 0.241 e. The fourth-order valence-electron chi connectivity index (χ4n) is 4.95. The molecule has 0 bridgehead atoms. The molecule has 2 aliphatic rings. The van der Waals surface area contributed by atoms with Crippen LogP contribution in [0.25, 0.3) is 0 Å². The van der Waals surface area contributed by atoms with Crippen LogP contribution in [0.5, 0.6) is 17.2 Å². The molecule has 0 radical (unpaired) electrons. The molecule has 0 aliphatic carbocycles. The van der Waals surface area contributed by atoms with Gasteiger partial charge in [-0.15, -0.1) is 0 Å². The van der Waals surface area contributed by atoms with Gasteiger partial charge in [-0.1, -0.05) is 36.4 Å². The molecule has 1 saturated heterocycles. The molecule has 1 amide bonds. The topological polar surface area (TPSA) is 97.4 Å². The third kappa shape index (κ3) is 6.35. The Morgan fingerprint density at radius 1 is 0.949 bits per heavy atom. The highest BCUT2D eigenvalue weighted by Gasteiger charge is 2.31. The summed E-state index contributed by atoms with van der Waals surface area (Å²) >= 11 is 0. The number of carbonyl (C=O) groups excluding carboxylic acids is 1. The number of hydrogen-bond donors (Lipinski definition) is 1. The molecule has 1 fully saturated rings. The first-order valence-corrected chi connectivity index (χ1v) is 14.4. The van der Waals surface area contributed by atoms with Gasteiger partial charge in [-0.25, -0.2) is 8.42 Å². The molecule has 0 saturated carbocycles. The molecule has 3 aromatic rings. The van der Waals surface area contributed by atoms with Gasteiger partial charge in [0.25, 0.3) is 0 Å². The predicted molar refractivity (Wildman–Crippen MR) is 146 cm³/mol. The predicted octanol–water partition coefficient (Wildman–Crippen LogP) is 2.97. The van der Waals surface area contributed by atoms with E-state index >= 15 is 0 Å². The lowest BCUT2D eigenvalue weighted by atomic mass is 10.1. The third-order valence-corrected chi connectivity index (χ3v) is 8.55. The molecular formula is C29H33N3O6S. The summed E-state index contributed by atoms with van der Waals surface area (Å²) in [6, 6.07) is 19.1. The number of benzene rings is 3. The molecule has 1 atom stereocenters. The second-order valence-corrected chi connectivity index (χ2v) is 11.5. The number of aryl methyl sites for hydroxylation is 1. The first-order valence-electron chi connectivity index (χ1n) is 12.9. The average Bonchev–Trinajstić information content (AvgIpc) is 3.41. The second kappa shape index (κ2) is 11.6. The van der Waals surface area contributed by atoms with Gasteiger partial charge in [0, 0.05) is 32.7 Å². The zero-order valence-corrected chi connectivity index (χ0v) is 22.9. The third-order valence-electron chi connectivity index (χ3n) is 7.08. The van der Waals surface area contributed by atoms with Crippen molar-refractivity contribution in [3.05, 3.63) is 83.4 Å². The maximum Gasteiger partial charge on any atom is 0.241 e. The molecular weight excluding hydrogens is 518 g/mol. The minimum absolute atomic E-state index is 0.0974. The molecule has 9 nitrogen and oxygen atoms in total. The van der Waals surface area contributed by atoms with Crippen LogP contribution in [0.3, 0.4) is 0 Å². The molecule has 0 spiro atoms. The first kappa shape index (κ1) is 27.0. The van der Waals surface area contributed by atoms with E-state index in [9.17, 15) is 13.2 Å². The molecule has 5 rings (SSSR count). The first-order chi connectivity index (χ1) is 18.8. The van der Waals surface area contributed by atoms with E-state index in [-0.39, 0.29) is 24.0 Å². The monoisotopic (exact) mass is 551 g/mol. The summed E-state index contributed by atoms with van der Waals surface area (Å²) in [6.45, 7) is 5.15. The van der Waals surface area contributed by atoms with Gasteiger partial charge in [-0.3, -0.25) is 9.69 Å². The minimum atomic E-state index is -3.95. The molecule has 3 aromatic carbocycles. The van der Waals surface area contributed by atoms with Gasteiger partial charge in [0.05, 0.1) is 12.0 Å². The molecule has 2 heterocycles. The van der Waals surface area contributed by atoms with Crippen LogP contribution in [0.2, 0.25) is 0 Å². The lowest BCUT2D eigenvalue weighted by Crippen LogP contribution is -2.55. The Kier molecular flexibility index (Phi) is 8.06. The summed E-state index contributed by atoms with van der Waals surface area (Å²) in [6.07, 6.45) is 0.255. The van der Waals surface area contributed by atoms with Crippen LogP contribution < -0.4 is 18.9 Å². The van der Waals surface area contributed by atoms with Crippen molar-refractivity contribution in [2.45, 2.75) is 30.8 Å². The van der Waals surface area contributed by atoms with Gasteiger partial charge in [-0.05, 0) is 60.4 Å². The highest BCUT2D eigenvalue weighted by atomic mass is 32.2. The van der Waals surface area contributed by atoms with Crippen LogP contribution in [0.1, 0.15) is 16.7 Å². The second-order valence-electron chi connectivity index (χ2n) is 9.78. The number of nitrogens with zero attached hydrogens (tertiary/aromatic N) is 2. The number of amides is 1. The average molecular weight is 552 g/mol. The van der Waals surface area contributed by atoms with Gasteiger partial charge < -0.3 is 19.1 Å². The van der Waals surface area contributed by atoms with Gasteiger partial charge in [-0.2, -0.15) is 4.72 Å². The Morgan fingerprint density at radius 2 is 1.69 bits per heavy atom. The number of nitrogens with one attached hydrogen (secondary N) is 1. The van der Waals surface area contributed by atoms with Gasteiger partial charge in [0.2, 0.25) is 22.7 Å². The minimum Gasteiger partial charge on any atom is -0.496 e. The van der Waals surface area contributed by atoms with E-state index in [1.165, 1.54) is 13.2 Å². The number of methoxy groups -OCH3 is 1. The van der Waals surface area contributed by atoms with E-state index in [2.05, 4.69) is 9.62 Å². The summed E-state index contributed by atoms with van der Waals surface area (Å²) in [7, 11) is -2.41. The van der Waals surface area contributed by atoms with E-state index in [1.54, 1.807) is 24.0 Å². The SMILES string of the molecule is COc1ccc(S(=O)(=O)N[C@@H](Cc2ccccc2)C(=O)N2CCN(Cc3ccc4c(c3)OCO4)CC2)cc1C. The van der Waals surface area contributed by atoms with Gasteiger partial charge >= 0.3 is 0 Å². The van der Waals surface area contributed by atoms with E-state index < -0.39 is 16.1 Å². The molecule has 39 heavy (non-hydrogen) atoms. The normalized spacial score (nSPS) is 16.2. The fraction of sp³-hybridized carbons (Fsp3) is 0.345. The Balaban J connectivity index is 1.27. The zero-order valence-electron chi connectivity index (χ0n) is 22.1. The molecule has 10 heteroatoms. The molecule has 2 aliphatic heterocycles. The Bertz CT molecular complexity index is 1420. The Morgan fingerprint density at radius 3 is 2.41 bits per heavy atom. The van der Waals surface area contributed by atoms with Crippen molar-refractivity contribution in [3.8, 4) is 17.2 Å². The van der Waals surface area contributed by atoms with Crippen LogP contribution >= 0.6 is 0 Å². The largest absolute Gasteiger partial charge is 0.496 e. The number of ether oxygens (including phenoxy) is 3. The number of sulfonamides is 1. The highest BCUT2D eigenvalue weighted by molar-refractivity contribution is 7.89. The summed E-state index contributed by atoms with van der Waals surface area (Å²) < 4.78 is 45.6. The van der Waals surface area contributed by atoms with Crippen molar-refractivity contribution in [2.24, 2.45) is 0 Å². The number of piperazine rings is 1. The maximum absolute atomic E-state index is 13.7. The van der Waals surface area contributed by atoms with Crippen molar-refractivity contribution >= 4 is 15.9 Å². The summed E-state index contributed by atoms with van der Waals surface area (Å²) in [4.78, 5) is 17.8. The zero-order chi connectivity index (χ0) is 27.4. The highest BCUT2D eigenvalue weighted by Crippen LogP contribution is 2.33. The van der Waals surface area contributed by atoms with E-state index in [0.29, 0.717) is 37.5 Å². The molecule has 0 unspecified atom stereocenters. The Labute approximate surface area is 229 Å². The van der Waals surface area contributed by atoms with Crippen molar-refractivity contribution in [3.63, 3.8) is 0 Å². The number of hydrogen-bond acceptors (Lipinski definition) is 7. The maximum atomic E-state index is 13.7. The van der Waals surface area contributed by atoms with Crippen molar-refractivity contribution in [1.82, 2.24) is 14.5 Å². The lowest BCUT2D eigenvalue weighted by molar-refractivity contribution is -0.134. The van der Waals surface area contributed by atoms with Crippen molar-refractivity contribution in [2.75, 3.05) is 40.1 Å². The van der Waals surface area contributed by atoms with E-state index in [1.807, 2.05) is 48.5 Å². The number of fused-ring (bicyclic) bond motifs is 1. The number of rotatable bonds is 9. The lowest BCUT2D eigenvalue weighted by Gasteiger charge is -2.36. The fourth-order valence-corrected chi connectivity index (χ4v) is 6.22. The van der Waals surface area contributed by atoms with E-state index in [0.717, 1.165) is 29.2 Å². The van der Waals surface area contributed by atoms with Crippen LogP contribution in [-0.2, 0) is 27.8 Å². The summed E-state index contributed by atoms with van der Waals surface area (Å²) in [5, 5.41) is 0. The molecule has 0 aromatic heterocycles. The van der Waals surface area contributed by atoms with Gasteiger partial charge in [0.1, 0.15) is 11.8 Å². The van der Waals surface area contributed by atoms with Crippen molar-refractivity contribution in [1.29, 1.82) is 0 Å². The standard InChI is InChI=1S/C29H33N3O6S/c1-21-16-24(9-11-26(21)36-2)39(34,35)30-25(17-22-6-4-3-5-7-22)29(33)32-14-12-31(13-15-32)19-23-8-10-27-28(18-23)38-20-37-27/h3-11,16,18,25,30H,12-15,17,19-20H2,1-2H3/t25-/m0/s1.